The molecule has 0 fully saturated rings. The predicted molar refractivity (Wildman–Crippen MR) is 224 cm³/mol. The van der Waals surface area contributed by atoms with Gasteiger partial charge in [-0.1, -0.05) is 135 Å². The van der Waals surface area contributed by atoms with Crippen LogP contribution >= 0.6 is 0 Å². The van der Waals surface area contributed by atoms with Crippen LogP contribution in [0.3, 0.4) is 0 Å². The molecule has 3 nitrogen and oxygen atoms in total. The van der Waals surface area contributed by atoms with Crippen LogP contribution in [0.15, 0.2) is 162 Å². The zero-order valence-electron chi connectivity index (χ0n) is 30.9. The summed E-state index contributed by atoms with van der Waals surface area (Å²) in [5.41, 5.74) is 12.1. The average molecular weight is 893 g/mol. The standard InChI is InChI=1S/C28H18NO.C21H22NSi.Ir/c1-2-6-19(7-3-1)14-20-10-12-27-24(15-20)25-16-22(11-13-28(25)30-27)26-17-21-8-4-5-9-23(21)18-29-26;1-16-10-12-18(13-11-16)20-14-19(17-8-6-5-7-9-17)21(15-22-20)23(2,3)4;/h1-10,12-13,15-18H,14H2;5-12,14-15H,1-4H3;/q2*-1;. The summed E-state index contributed by atoms with van der Waals surface area (Å²) in [6.45, 7) is 9.19. The van der Waals surface area contributed by atoms with Gasteiger partial charge in [-0.2, -0.15) is 0 Å². The van der Waals surface area contributed by atoms with Gasteiger partial charge in [-0.25, -0.2) is 0 Å². The van der Waals surface area contributed by atoms with Crippen LogP contribution in [0, 0.1) is 19.1 Å². The monoisotopic (exact) mass is 893 g/mol. The van der Waals surface area contributed by atoms with E-state index in [4.69, 9.17) is 9.40 Å². The van der Waals surface area contributed by atoms with Gasteiger partial charge in [0.25, 0.3) is 0 Å². The van der Waals surface area contributed by atoms with Crippen LogP contribution in [0.25, 0.3) is 66.4 Å². The number of benzene rings is 6. The fraction of sp³-hybridized carbons (Fsp3) is 0.102. The fourth-order valence-electron chi connectivity index (χ4n) is 6.81. The van der Waals surface area contributed by atoms with E-state index in [1.165, 1.54) is 38.4 Å². The van der Waals surface area contributed by atoms with E-state index in [1.807, 2.05) is 24.4 Å². The molecule has 9 aromatic rings. The smallest absolute Gasteiger partial charge is 0.120 e. The molecule has 9 rings (SSSR count). The topological polar surface area (TPSA) is 38.9 Å². The van der Waals surface area contributed by atoms with Crippen molar-refractivity contribution in [1.29, 1.82) is 0 Å². The molecule has 1 radical (unpaired) electrons. The van der Waals surface area contributed by atoms with E-state index in [9.17, 15) is 0 Å². The van der Waals surface area contributed by atoms with Crippen molar-refractivity contribution in [3.8, 4) is 33.6 Å². The largest absolute Gasteiger partial charge is 0.500 e. The molecular formula is C49H40IrN2OSi-2. The maximum absolute atomic E-state index is 6.07. The normalized spacial score (nSPS) is 11.3. The number of aromatic nitrogens is 2. The van der Waals surface area contributed by atoms with Gasteiger partial charge < -0.3 is 14.4 Å². The van der Waals surface area contributed by atoms with E-state index in [0.29, 0.717) is 0 Å². The Morgan fingerprint density at radius 1 is 0.574 bits per heavy atom. The number of rotatable bonds is 6. The Kier molecular flexibility index (Phi) is 10.8. The second-order valence-electron chi connectivity index (χ2n) is 14.6. The third-order valence-electron chi connectivity index (χ3n) is 9.67. The van der Waals surface area contributed by atoms with Crippen molar-refractivity contribution < 1.29 is 24.5 Å². The van der Waals surface area contributed by atoms with Gasteiger partial charge in [-0.3, -0.25) is 0 Å². The van der Waals surface area contributed by atoms with Gasteiger partial charge in [-0.05, 0) is 68.2 Å². The summed E-state index contributed by atoms with van der Waals surface area (Å²) in [5.74, 6) is 0. The molecule has 0 aliphatic heterocycles. The Morgan fingerprint density at radius 2 is 1.24 bits per heavy atom. The van der Waals surface area contributed by atoms with E-state index in [0.717, 1.165) is 56.3 Å². The van der Waals surface area contributed by atoms with E-state index in [-0.39, 0.29) is 20.1 Å². The van der Waals surface area contributed by atoms with E-state index < -0.39 is 8.07 Å². The number of nitrogens with zero attached hydrogens (tertiary/aromatic N) is 2. The zero-order valence-corrected chi connectivity index (χ0v) is 34.2. The summed E-state index contributed by atoms with van der Waals surface area (Å²) in [7, 11) is -1.47. The number of furan rings is 1. The zero-order chi connectivity index (χ0) is 36.4. The molecular weight excluding hydrogens is 853 g/mol. The van der Waals surface area contributed by atoms with E-state index in [1.54, 1.807) is 0 Å². The van der Waals surface area contributed by atoms with Crippen LogP contribution in [0.2, 0.25) is 19.6 Å². The molecule has 3 heterocycles. The second-order valence-corrected chi connectivity index (χ2v) is 19.7. The van der Waals surface area contributed by atoms with Crippen molar-refractivity contribution in [1.82, 2.24) is 9.97 Å². The molecule has 0 bridgehead atoms. The summed E-state index contributed by atoms with van der Waals surface area (Å²) in [6.07, 6.45) is 4.91. The summed E-state index contributed by atoms with van der Waals surface area (Å²) >= 11 is 0. The summed E-state index contributed by atoms with van der Waals surface area (Å²) < 4.78 is 6.07. The maximum Gasteiger partial charge on any atom is 0.120 e. The predicted octanol–water partition coefficient (Wildman–Crippen LogP) is 12.3. The first-order chi connectivity index (χ1) is 25.8. The van der Waals surface area contributed by atoms with Crippen molar-refractivity contribution in [3.63, 3.8) is 0 Å². The van der Waals surface area contributed by atoms with Crippen LogP contribution in [-0.2, 0) is 26.5 Å². The molecule has 6 aromatic carbocycles. The average Bonchev–Trinajstić information content (AvgIpc) is 3.56. The van der Waals surface area contributed by atoms with Gasteiger partial charge in [0, 0.05) is 37.9 Å². The fourth-order valence-corrected chi connectivity index (χ4v) is 8.28. The summed E-state index contributed by atoms with van der Waals surface area (Å²) in [4.78, 5) is 9.39. The molecule has 0 unspecified atom stereocenters. The molecule has 0 aliphatic carbocycles. The number of hydrogen-bond acceptors (Lipinski definition) is 3. The van der Waals surface area contributed by atoms with Crippen molar-refractivity contribution in [3.05, 3.63) is 187 Å². The molecule has 0 saturated heterocycles. The SMILES string of the molecule is Cc1c[c-]c(-c2cc(-c3ccccc3)c([Si](C)(C)C)cn2)cc1.[Ir].[c-]1cc2oc3ccc(Cc4ccccc4)cc3c2cc1-c1cc2ccccc2cn1. The van der Waals surface area contributed by atoms with Crippen LogP contribution in [-0.4, -0.2) is 18.0 Å². The Bertz CT molecular complexity index is 2680. The van der Waals surface area contributed by atoms with Crippen LogP contribution in [0.1, 0.15) is 16.7 Å². The first-order valence-corrected chi connectivity index (χ1v) is 21.6. The van der Waals surface area contributed by atoms with Gasteiger partial charge in [0.05, 0.1) is 13.7 Å². The molecule has 0 amide bonds. The van der Waals surface area contributed by atoms with Gasteiger partial charge in [-0.15, -0.1) is 59.2 Å². The Labute approximate surface area is 332 Å². The van der Waals surface area contributed by atoms with Gasteiger partial charge >= 0.3 is 0 Å². The minimum Gasteiger partial charge on any atom is -0.500 e. The molecule has 5 heteroatoms. The van der Waals surface area contributed by atoms with Gasteiger partial charge in [0.15, 0.2) is 0 Å². The summed E-state index contributed by atoms with van der Waals surface area (Å²) in [5, 5.41) is 5.96. The Morgan fingerprint density at radius 3 is 1.98 bits per heavy atom. The van der Waals surface area contributed by atoms with Gasteiger partial charge in [0.2, 0.25) is 0 Å². The number of pyridine rings is 2. The third-order valence-corrected chi connectivity index (χ3v) is 11.7. The van der Waals surface area contributed by atoms with Crippen LogP contribution in [0.5, 0.6) is 0 Å². The maximum atomic E-state index is 6.07. The number of aryl methyl sites for hydroxylation is 1. The molecule has 0 spiro atoms. The molecule has 0 atom stereocenters. The Balaban J connectivity index is 0.000000170. The van der Waals surface area contributed by atoms with E-state index >= 15 is 0 Å². The van der Waals surface area contributed by atoms with Crippen molar-refractivity contribution in [2.24, 2.45) is 0 Å². The molecule has 54 heavy (non-hydrogen) atoms. The second kappa shape index (κ2) is 15.9. The third kappa shape index (κ3) is 8.05. The Hall–Kier alpha value is -5.45. The number of hydrogen-bond donors (Lipinski definition) is 0. The molecule has 0 N–H and O–H groups in total. The molecule has 0 aliphatic rings. The summed E-state index contributed by atoms with van der Waals surface area (Å²) in [6, 6.07) is 57.2. The molecule has 267 valence electrons. The van der Waals surface area contributed by atoms with Crippen LogP contribution < -0.4 is 5.19 Å². The minimum absolute atomic E-state index is 0. The number of fused-ring (bicyclic) bond motifs is 4. The first-order valence-electron chi connectivity index (χ1n) is 18.1. The molecule has 0 saturated carbocycles. The van der Waals surface area contributed by atoms with Crippen molar-refractivity contribution in [2.75, 3.05) is 0 Å². The first kappa shape index (κ1) is 36.9. The van der Waals surface area contributed by atoms with Crippen molar-refractivity contribution >= 4 is 46.0 Å². The minimum atomic E-state index is -1.47. The quantitative estimate of drug-likeness (QED) is 0.123. The molecule has 3 aromatic heterocycles. The van der Waals surface area contributed by atoms with Crippen molar-refractivity contribution in [2.45, 2.75) is 33.0 Å². The van der Waals surface area contributed by atoms with E-state index in [2.05, 4.69) is 177 Å². The van der Waals surface area contributed by atoms with Crippen LogP contribution in [0.4, 0.5) is 0 Å². The van der Waals surface area contributed by atoms with Gasteiger partial charge in [0.1, 0.15) is 5.58 Å².